The van der Waals surface area contributed by atoms with Gasteiger partial charge in [0.15, 0.2) is 0 Å². The molecule has 0 amide bonds. The van der Waals surface area contributed by atoms with Gasteiger partial charge in [0.1, 0.15) is 5.82 Å². The second-order valence-electron chi connectivity index (χ2n) is 6.68. The summed E-state index contributed by atoms with van der Waals surface area (Å²) >= 11 is 0. The highest BCUT2D eigenvalue weighted by Gasteiger charge is 2.06. The molecule has 0 aliphatic rings. The number of hydrogen-bond donors (Lipinski definition) is 3. The van der Waals surface area contributed by atoms with Crippen LogP contribution in [0, 0.1) is 6.92 Å². The van der Waals surface area contributed by atoms with Crippen LogP contribution in [0.3, 0.4) is 0 Å². The van der Waals surface area contributed by atoms with Crippen LogP contribution in [0.5, 0.6) is 0 Å². The number of aryl methyl sites for hydroxylation is 1. The Morgan fingerprint density at radius 3 is 2.48 bits per heavy atom. The molecule has 3 aromatic rings. The van der Waals surface area contributed by atoms with Crippen LogP contribution in [0.1, 0.15) is 19.4 Å². The van der Waals surface area contributed by atoms with Gasteiger partial charge in [-0.2, -0.15) is 4.98 Å². The van der Waals surface area contributed by atoms with E-state index < -0.39 is 0 Å². The van der Waals surface area contributed by atoms with Gasteiger partial charge in [-0.25, -0.2) is 15.0 Å². The van der Waals surface area contributed by atoms with Crippen molar-refractivity contribution in [1.29, 1.82) is 0 Å². The third-order valence-electron chi connectivity index (χ3n) is 4.68. The molecule has 3 rings (SSSR count). The first kappa shape index (κ1) is 20.5. The zero-order valence-electron chi connectivity index (χ0n) is 17.2. The third kappa shape index (κ3) is 5.61. The lowest BCUT2D eigenvalue weighted by molar-refractivity contribution is 0.316. The van der Waals surface area contributed by atoms with Crippen molar-refractivity contribution in [2.24, 2.45) is 0 Å². The highest BCUT2D eigenvalue weighted by atomic mass is 15.2. The van der Waals surface area contributed by atoms with Gasteiger partial charge >= 0.3 is 0 Å². The quantitative estimate of drug-likeness (QED) is 0.509. The summed E-state index contributed by atoms with van der Waals surface area (Å²) in [5.41, 5.74) is 9.46. The van der Waals surface area contributed by atoms with Crippen LogP contribution in [0.15, 0.2) is 42.7 Å². The summed E-state index contributed by atoms with van der Waals surface area (Å²) < 4.78 is 0. The molecule has 0 atom stereocenters. The highest BCUT2D eigenvalue weighted by Crippen LogP contribution is 2.24. The lowest BCUT2D eigenvalue weighted by Gasteiger charge is -2.18. The molecule has 4 N–H and O–H groups in total. The van der Waals surface area contributed by atoms with Crippen molar-refractivity contribution in [2.45, 2.75) is 20.8 Å². The van der Waals surface area contributed by atoms with E-state index in [-0.39, 0.29) is 5.95 Å². The SMILES string of the molecule is CCN(CC)CCNc1nccc(Nc2ccc(-c3nc(N)ncc3C)cc2)n1. The lowest BCUT2D eigenvalue weighted by atomic mass is 10.1. The molecule has 0 saturated heterocycles. The maximum absolute atomic E-state index is 5.72. The Morgan fingerprint density at radius 2 is 1.76 bits per heavy atom. The molecular formula is C21H28N8. The molecule has 1 aromatic carbocycles. The molecule has 0 aliphatic carbocycles. The smallest absolute Gasteiger partial charge is 0.224 e. The normalized spacial score (nSPS) is 10.9. The average Bonchev–Trinajstić information content (AvgIpc) is 2.74. The maximum atomic E-state index is 5.72. The molecule has 8 heteroatoms. The number of nitrogens with zero attached hydrogens (tertiary/aromatic N) is 5. The minimum atomic E-state index is 0.273. The molecule has 29 heavy (non-hydrogen) atoms. The van der Waals surface area contributed by atoms with Gasteiger partial charge in [-0.05, 0) is 43.8 Å². The van der Waals surface area contributed by atoms with E-state index in [2.05, 4.69) is 49.3 Å². The summed E-state index contributed by atoms with van der Waals surface area (Å²) in [4.78, 5) is 19.5. The van der Waals surface area contributed by atoms with E-state index in [0.717, 1.165) is 54.5 Å². The van der Waals surface area contributed by atoms with E-state index >= 15 is 0 Å². The number of hydrogen-bond acceptors (Lipinski definition) is 8. The van der Waals surface area contributed by atoms with Gasteiger partial charge in [0, 0.05) is 36.7 Å². The number of aromatic nitrogens is 4. The molecule has 8 nitrogen and oxygen atoms in total. The maximum Gasteiger partial charge on any atom is 0.224 e. The molecular weight excluding hydrogens is 364 g/mol. The molecule has 0 fully saturated rings. The summed E-state index contributed by atoms with van der Waals surface area (Å²) in [5.74, 6) is 1.63. The number of benzene rings is 1. The number of nitrogens with two attached hydrogens (primary N) is 1. The number of likely N-dealkylation sites (N-methyl/N-ethyl adjacent to an activating group) is 1. The first-order chi connectivity index (χ1) is 14.1. The van der Waals surface area contributed by atoms with Crippen LogP contribution in [-0.2, 0) is 0 Å². The van der Waals surface area contributed by atoms with Gasteiger partial charge < -0.3 is 21.3 Å². The molecule has 0 bridgehead atoms. The molecule has 0 radical (unpaired) electrons. The van der Waals surface area contributed by atoms with Crippen LogP contribution in [-0.4, -0.2) is 51.0 Å². The standard InChI is InChI=1S/C21H28N8/c1-4-29(5-2)13-12-24-21-23-11-10-18(27-21)26-17-8-6-16(7-9-17)19-15(3)14-25-20(22)28-19/h6-11,14H,4-5,12-13H2,1-3H3,(H2,22,25,28)(H2,23,24,26,27). The first-order valence-electron chi connectivity index (χ1n) is 9.85. The van der Waals surface area contributed by atoms with Crippen molar-refractivity contribution >= 4 is 23.4 Å². The predicted octanol–water partition coefficient (Wildman–Crippen LogP) is 3.32. The summed E-state index contributed by atoms with van der Waals surface area (Å²) in [6, 6.07) is 9.83. The van der Waals surface area contributed by atoms with Gasteiger partial charge in [-0.1, -0.05) is 26.0 Å². The average molecular weight is 393 g/mol. The van der Waals surface area contributed by atoms with Crippen molar-refractivity contribution in [3.05, 3.63) is 48.3 Å². The largest absolute Gasteiger partial charge is 0.368 e. The van der Waals surface area contributed by atoms with Gasteiger partial charge in [-0.15, -0.1) is 0 Å². The van der Waals surface area contributed by atoms with Gasteiger partial charge in [-0.3, -0.25) is 0 Å². The fourth-order valence-corrected chi connectivity index (χ4v) is 2.99. The second-order valence-corrected chi connectivity index (χ2v) is 6.68. The van der Waals surface area contributed by atoms with Crippen LogP contribution >= 0.6 is 0 Å². The minimum Gasteiger partial charge on any atom is -0.368 e. The molecule has 2 aromatic heterocycles. The van der Waals surface area contributed by atoms with E-state index in [1.165, 1.54) is 0 Å². The van der Waals surface area contributed by atoms with Gasteiger partial charge in [0.05, 0.1) is 5.69 Å². The fourth-order valence-electron chi connectivity index (χ4n) is 2.99. The van der Waals surface area contributed by atoms with Crippen molar-refractivity contribution in [3.63, 3.8) is 0 Å². The van der Waals surface area contributed by atoms with Crippen LogP contribution in [0.25, 0.3) is 11.3 Å². The van der Waals surface area contributed by atoms with Crippen molar-refractivity contribution in [1.82, 2.24) is 24.8 Å². The Labute approximate surface area is 171 Å². The second kappa shape index (κ2) is 9.79. The molecule has 152 valence electrons. The Hall–Kier alpha value is -3.26. The molecule has 0 saturated carbocycles. The van der Waals surface area contributed by atoms with Crippen LogP contribution < -0.4 is 16.4 Å². The highest BCUT2D eigenvalue weighted by molar-refractivity contribution is 5.67. The number of nitrogens with one attached hydrogen (secondary N) is 2. The molecule has 0 unspecified atom stereocenters. The van der Waals surface area contributed by atoms with Gasteiger partial charge in [0.25, 0.3) is 0 Å². The van der Waals surface area contributed by atoms with E-state index in [1.807, 2.05) is 37.3 Å². The van der Waals surface area contributed by atoms with Crippen molar-refractivity contribution in [2.75, 3.05) is 42.5 Å². The Kier molecular flexibility index (Phi) is 6.91. The Morgan fingerprint density at radius 1 is 1.00 bits per heavy atom. The third-order valence-corrected chi connectivity index (χ3v) is 4.68. The summed E-state index contributed by atoms with van der Waals surface area (Å²) in [7, 11) is 0. The topological polar surface area (TPSA) is 105 Å². The van der Waals surface area contributed by atoms with E-state index in [0.29, 0.717) is 5.95 Å². The Bertz CT molecular complexity index is 922. The predicted molar refractivity (Wildman–Crippen MR) is 118 cm³/mol. The first-order valence-corrected chi connectivity index (χ1v) is 9.85. The van der Waals surface area contributed by atoms with Crippen molar-refractivity contribution < 1.29 is 0 Å². The summed E-state index contributed by atoms with van der Waals surface area (Å²) in [5, 5.41) is 6.59. The van der Waals surface area contributed by atoms with E-state index in [9.17, 15) is 0 Å². The zero-order valence-corrected chi connectivity index (χ0v) is 17.2. The zero-order chi connectivity index (χ0) is 20.6. The molecule has 0 spiro atoms. The Balaban J connectivity index is 1.63. The van der Waals surface area contributed by atoms with Crippen LogP contribution in [0.4, 0.5) is 23.4 Å². The molecule has 2 heterocycles. The number of nitrogen functional groups attached to an aromatic ring is 1. The van der Waals surface area contributed by atoms with Crippen LogP contribution in [0.2, 0.25) is 0 Å². The number of rotatable bonds is 9. The van der Waals surface area contributed by atoms with Crippen molar-refractivity contribution in [3.8, 4) is 11.3 Å². The number of anilines is 4. The van der Waals surface area contributed by atoms with E-state index in [1.54, 1.807) is 12.4 Å². The van der Waals surface area contributed by atoms with E-state index in [4.69, 9.17) is 5.73 Å². The van der Waals surface area contributed by atoms with Gasteiger partial charge in [0.2, 0.25) is 11.9 Å². The lowest BCUT2D eigenvalue weighted by Crippen LogP contribution is -2.28. The fraction of sp³-hybridized carbons (Fsp3) is 0.333. The summed E-state index contributed by atoms with van der Waals surface area (Å²) in [6.07, 6.45) is 3.48. The minimum absolute atomic E-state index is 0.273. The summed E-state index contributed by atoms with van der Waals surface area (Å²) in [6.45, 7) is 10.1. The monoisotopic (exact) mass is 392 g/mol. The molecule has 0 aliphatic heterocycles.